The molecule has 1 aliphatic heterocycles. The molecule has 0 bridgehead atoms. The fourth-order valence-electron chi connectivity index (χ4n) is 3.11. The lowest BCUT2D eigenvalue weighted by Gasteiger charge is -2.37. The number of nitrogens with zero attached hydrogens (tertiary/aromatic N) is 1. The summed E-state index contributed by atoms with van der Waals surface area (Å²) in [5.74, 6) is 0.820. The van der Waals surface area contributed by atoms with Gasteiger partial charge in [-0.3, -0.25) is 4.79 Å². The number of hydrogen-bond donors (Lipinski definition) is 1. The van der Waals surface area contributed by atoms with Crippen molar-refractivity contribution in [1.29, 1.82) is 0 Å². The molecule has 15 heavy (non-hydrogen) atoms. The van der Waals surface area contributed by atoms with Crippen LogP contribution >= 0.6 is 0 Å². The van der Waals surface area contributed by atoms with Crippen LogP contribution in [0.3, 0.4) is 0 Å². The molecular formula is C12H21NO2. The van der Waals surface area contributed by atoms with Crippen LogP contribution in [0.2, 0.25) is 0 Å². The standard InChI is InChI=1S/C12H21NO2/c1-2-9-5-3-4-6-11(9)13-8-10(14)7-12(13)15/h9-11,14H,2-8H2,1H3. The molecule has 0 spiro atoms. The van der Waals surface area contributed by atoms with Crippen LogP contribution in [0, 0.1) is 5.92 Å². The Bertz CT molecular complexity index is 242. The van der Waals surface area contributed by atoms with Crippen LogP contribution in [0.5, 0.6) is 0 Å². The zero-order chi connectivity index (χ0) is 10.8. The van der Waals surface area contributed by atoms with Crippen LogP contribution in [0.15, 0.2) is 0 Å². The molecule has 1 saturated carbocycles. The van der Waals surface area contributed by atoms with Gasteiger partial charge in [-0.05, 0) is 18.8 Å². The maximum absolute atomic E-state index is 11.7. The van der Waals surface area contributed by atoms with E-state index in [9.17, 15) is 9.90 Å². The summed E-state index contributed by atoms with van der Waals surface area (Å²) in [5.41, 5.74) is 0. The number of likely N-dealkylation sites (tertiary alicyclic amines) is 1. The van der Waals surface area contributed by atoms with Gasteiger partial charge in [0.1, 0.15) is 0 Å². The van der Waals surface area contributed by atoms with E-state index in [4.69, 9.17) is 0 Å². The first-order valence-corrected chi connectivity index (χ1v) is 6.20. The number of rotatable bonds is 2. The Kier molecular flexibility index (Phi) is 3.29. The lowest BCUT2D eigenvalue weighted by atomic mass is 9.82. The molecule has 0 radical (unpaired) electrons. The minimum absolute atomic E-state index is 0.160. The van der Waals surface area contributed by atoms with E-state index in [0.717, 1.165) is 12.8 Å². The third kappa shape index (κ3) is 2.17. The summed E-state index contributed by atoms with van der Waals surface area (Å²) >= 11 is 0. The van der Waals surface area contributed by atoms with E-state index in [1.807, 2.05) is 4.90 Å². The lowest BCUT2D eigenvalue weighted by molar-refractivity contribution is -0.131. The van der Waals surface area contributed by atoms with Crippen molar-refractivity contribution in [1.82, 2.24) is 4.90 Å². The maximum Gasteiger partial charge on any atom is 0.225 e. The second kappa shape index (κ2) is 4.52. The minimum Gasteiger partial charge on any atom is -0.391 e. The summed E-state index contributed by atoms with van der Waals surface area (Å²) in [7, 11) is 0. The molecule has 3 heteroatoms. The van der Waals surface area contributed by atoms with Crippen molar-refractivity contribution in [3.05, 3.63) is 0 Å². The Morgan fingerprint density at radius 3 is 2.73 bits per heavy atom. The van der Waals surface area contributed by atoms with Crippen molar-refractivity contribution >= 4 is 5.91 Å². The highest BCUT2D eigenvalue weighted by molar-refractivity contribution is 5.79. The second-order valence-corrected chi connectivity index (χ2v) is 4.92. The first-order chi connectivity index (χ1) is 7.22. The van der Waals surface area contributed by atoms with E-state index in [-0.39, 0.29) is 5.91 Å². The fourth-order valence-corrected chi connectivity index (χ4v) is 3.11. The van der Waals surface area contributed by atoms with E-state index in [2.05, 4.69) is 6.92 Å². The van der Waals surface area contributed by atoms with E-state index in [1.165, 1.54) is 19.3 Å². The molecule has 3 unspecified atom stereocenters. The van der Waals surface area contributed by atoms with Gasteiger partial charge in [0, 0.05) is 12.6 Å². The predicted octanol–water partition coefficient (Wildman–Crippen LogP) is 1.55. The van der Waals surface area contributed by atoms with Crippen molar-refractivity contribution < 1.29 is 9.90 Å². The summed E-state index contributed by atoms with van der Waals surface area (Å²) in [6, 6.07) is 0.411. The zero-order valence-electron chi connectivity index (χ0n) is 9.48. The second-order valence-electron chi connectivity index (χ2n) is 4.92. The third-order valence-corrected chi connectivity index (χ3v) is 3.93. The summed E-state index contributed by atoms with van der Waals surface area (Å²) in [5, 5.41) is 9.50. The number of carbonyl (C=O) groups excluding carboxylic acids is 1. The van der Waals surface area contributed by atoms with Crippen LogP contribution in [0.1, 0.15) is 45.4 Å². The molecule has 1 saturated heterocycles. The molecule has 1 heterocycles. The smallest absolute Gasteiger partial charge is 0.225 e. The summed E-state index contributed by atoms with van der Waals surface area (Å²) in [6.07, 6.45) is 6.01. The number of amides is 1. The SMILES string of the molecule is CCC1CCCCC1N1CC(O)CC1=O. The summed E-state index contributed by atoms with van der Waals surface area (Å²) < 4.78 is 0. The van der Waals surface area contributed by atoms with Gasteiger partial charge in [-0.2, -0.15) is 0 Å². The molecule has 1 N–H and O–H groups in total. The number of hydrogen-bond acceptors (Lipinski definition) is 2. The molecule has 3 nitrogen and oxygen atoms in total. The number of β-amino-alcohol motifs (C(OH)–C–C–N with tert-alkyl or cyclic N) is 1. The Hall–Kier alpha value is -0.570. The van der Waals surface area contributed by atoms with Gasteiger partial charge in [0.2, 0.25) is 5.91 Å². The molecule has 2 rings (SSSR count). The maximum atomic E-state index is 11.7. The first-order valence-electron chi connectivity index (χ1n) is 6.20. The zero-order valence-corrected chi connectivity index (χ0v) is 9.48. The molecule has 0 aromatic rings. The van der Waals surface area contributed by atoms with Crippen LogP contribution in [0.25, 0.3) is 0 Å². The number of carbonyl (C=O) groups is 1. The Morgan fingerprint density at radius 1 is 1.40 bits per heavy atom. The van der Waals surface area contributed by atoms with Gasteiger partial charge in [0.15, 0.2) is 0 Å². The average Bonchev–Trinajstić information content (AvgIpc) is 2.57. The van der Waals surface area contributed by atoms with Gasteiger partial charge in [0.05, 0.1) is 12.5 Å². The fraction of sp³-hybridized carbons (Fsp3) is 0.917. The third-order valence-electron chi connectivity index (χ3n) is 3.93. The van der Waals surface area contributed by atoms with Crippen LogP contribution < -0.4 is 0 Å². The predicted molar refractivity (Wildman–Crippen MR) is 58.4 cm³/mol. The van der Waals surface area contributed by atoms with Crippen molar-refractivity contribution in [2.45, 2.75) is 57.6 Å². The Morgan fingerprint density at radius 2 is 2.13 bits per heavy atom. The molecule has 2 fully saturated rings. The highest BCUT2D eigenvalue weighted by Gasteiger charge is 2.37. The van der Waals surface area contributed by atoms with E-state index < -0.39 is 6.10 Å². The van der Waals surface area contributed by atoms with Crippen LogP contribution in [0.4, 0.5) is 0 Å². The molecule has 86 valence electrons. The molecule has 1 aliphatic carbocycles. The van der Waals surface area contributed by atoms with Gasteiger partial charge in [-0.1, -0.05) is 26.2 Å². The van der Waals surface area contributed by atoms with Crippen molar-refractivity contribution in [3.8, 4) is 0 Å². The summed E-state index contributed by atoms with van der Waals surface area (Å²) in [6.45, 7) is 2.78. The van der Waals surface area contributed by atoms with Gasteiger partial charge in [-0.25, -0.2) is 0 Å². The van der Waals surface area contributed by atoms with E-state index in [1.54, 1.807) is 0 Å². The van der Waals surface area contributed by atoms with Crippen molar-refractivity contribution in [2.75, 3.05) is 6.54 Å². The largest absolute Gasteiger partial charge is 0.391 e. The minimum atomic E-state index is -0.420. The van der Waals surface area contributed by atoms with Crippen molar-refractivity contribution in [2.24, 2.45) is 5.92 Å². The molecule has 0 aromatic heterocycles. The molecule has 3 atom stereocenters. The molecule has 1 amide bonds. The molecular weight excluding hydrogens is 190 g/mol. The number of aliphatic hydroxyl groups is 1. The Labute approximate surface area is 91.5 Å². The van der Waals surface area contributed by atoms with E-state index >= 15 is 0 Å². The van der Waals surface area contributed by atoms with Gasteiger partial charge < -0.3 is 10.0 Å². The molecule has 2 aliphatic rings. The summed E-state index contributed by atoms with van der Waals surface area (Å²) in [4.78, 5) is 13.7. The van der Waals surface area contributed by atoms with Crippen LogP contribution in [-0.4, -0.2) is 34.6 Å². The molecule has 0 aromatic carbocycles. The highest BCUT2D eigenvalue weighted by Crippen LogP contribution is 2.32. The lowest BCUT2D eigenvalue weighted by Crippen LogP contribution is -2.43. The van der Waals surface area contributed by atoms with Crippen LogP contribution in [-0.2, 0) is 4.79 Å². The average molecular weight is 211 g/mol. The van der Waals surface area contributed by atoms with Gasteiger partial charge in [-0.15, -0.1) is 0 Å². The van der Waals surface area contributed by atoms with Gasteiger partial charge >= 0.3 is 0 Å². The Balaban J connectivity index is 2.04. The van der Waals surface area contributed by atoms with Crippen molar-refractivity contribution in [3.63, 3.8) is 0 Å². The first kappa shape index (κ1) is 10.9. The topological polar surface area (TPSA) is 40.5 Å². The van der Waals surface area contributed by atoms with E-state index in [0.29, 0.717) is 24.9 Å². The highest BCUT2D eigenvalue weighted by atomic mass is 16.3. The van der Waals surface area contributed by atoms with Gasteiger partial charge in [0.25, 0.3) is 0 Å². The quantitative estimate of drug-likeness (QED) is 0.753. The number of aliphatic hydroxyl groups excluding tert-OH is 1. The monoisotopic (exact) mass is 211 g/mol. The normalized spacial score (nSPS) is 37.3.